The zero-order valence-electron chi connectivity index (χ0n) is 6.10. The lowest BCUT2D eigenvalue weighted by Gasteiger charge is -2.05. The van der Waals surface area contributed by atoms with E-state index >= 15 is 0 Å². The first-order chi connectivity index (χ1) is 5.93. The van der Waals surface area contributed by atoms with E-state index in [4.69, 9.17) is 0 Å². The molecule has 0 radical (unpaired) electrons. The molecule has 0 unspecified atom stereocenters. The predicted octanol–water partition coefficient (Wildman–Crippen LogP) is 2.52. The number of nitrogens with zero attached hydrogens (tertiary/aromatic N) is 1. The Morgan fingerprint density at radius 2 is 2.00 bits per heavy atom. The first-order valence-corrected chi connectivity index (χ1v) is 4.21. The molecule has 0 saturated carbocycles. The highest BCUT2D eigenvalue weighted by Crippen LogP contribution is 2.28. The van der Waals surface area contributed by atoms with Crippen LogP contribution in [0.25, 0.3) is 0 Å². The molecule has 1 rings (SSSR count). The Bertz CT molecular complexity index is 337. The summed E-state index contributed by atoms with van der Waals surface area (Å²) in [6, 6.07) is 2.00. The van der Waals surface area contributed by atoms with Gasteiger partial charge in [-0.05, 0) is 34.7 Å². The van der Waals surface area contributed by atoms with Gasteiger partial charge in [0.1, 0.15) is 15.7 Å². The third-order valence-corrected chi connectivity index (χ3v) is 1.80. The third kappa shape index (κ3) is 2.64. The molecule has 0 saturated heterocycles. The van der Waals surface area contributed by atoms with Gasteiger partial charge in [0.25, 0.3) is 0 Å². The summed E-state index contributed by atoms with van der Waals surface area (Å²) >= 11 is 1.62. The zero-order chi connectivity index (χ0) is 10.1. The highest BCUT2D eigenvalue weighted by atomic mass is 127. The molecule has 0 atom stereocenters. The van der Waals surface area contributed by atoms with Crippen LogP contribution in [0.15, 0.2) is 12.1 Å². The van der Waals surface area contributed by atoms with Crippen LogP contribution in [0.2, 0.25) is 0 Å². The number of halogens is 4. The third-order valence-electron chi connectivity index (χ3n) is 1.24. The highest BCUT2D eigenvalue weighted by Gasteiger charge is 2.32. The molecule has 0 aromatic carbocycles. The molecular weight excluding hydrogens is 298 g/mol. The first kappa shape index (κ1) is 10.4. The minimum atomic E-state index is -4.50. The van der Waals surface area contributed by atoms with Gasteiger partial charge in [-0.15, -0.1) is 0 Å². The second-order valence-electron chi connectivity index (χ2n) is 2.22. The van der Waals surface area contributed by atoms with Gasteiger partial charge in [-0.25, -0.2) is 4.98 Å². The number of hydrogen-bond donors (Lipinski definition) is 0. The molecule has 1 heterocycles. The molecule has 0 aliphatic heterocycles. The number of pyridine rings is 1. The summed E-state index contributed by atoms with van der Waals surface area (Å²) in [6.07, 6.45) is -4.14. The number of hydrogen-bond acceptors (Lipinski definition) is 2. The van der Waals surface area contributed by atoms with Crippen molar-refractivity contribution in [2.75, 3.05) is 0 Å². The van der Waals surface area contributed by atoms with E-state index in [1.165, 1.54) is 6.07 Å². The zero-order valence-corrected chi connectivity index (χ0v) is 8.26. The fourth-order valence-electron chi connectivity index (χ4n) is 0.730. The van der Waals surface area contributed by atoms with Crippen molar-refractivity contribution in [3.63, 3.8) is 0 Å². The van der Waals surface area contributed by atoms with E-state index in [9.17, 15) is 18.0 Å². The molecule has 0 spiro atoms. The average molecular weight is 301 g/mol. The summed E-state index contributed by atoms with van der Waals surface area (Å²) in [4.78, 5) is 13.5. The Hall–Kier alpha value is -0.660. The molecule has 0 aliphatic rings. The van der Waals surface area contributed by atoms with Crippen molar-refractivity contribution >= 4 is 28.9 Å². The van der Waals surface area contributed by atoms with Gasteiger partial charge in [0, 0.05) is 5.56 Å². The second-order valence-corrected chi connectivity index (χ2v) is 3.33. The highest BCUT2D eigenvalue weighted by molar-refractivity contribution is 14.1. The van der Waals surface area contributed by atoms with E-state index in [-0.39, 0.29) is 9.26 Å². The van der Waals surface area contributed by atoms with Crippen LogP contribution >= 0.6 is 22.6 Å². The normalized spacial score (nSPS) is 11.4. The molecule has 0 fully saturated rings. The maximum Gasteiger partial charge on any atom is 0.433 e. The van der Waals surface area contributed by atoms with Gasteiger partial charge in [0.2, 0.25) is 0 Å². The molecule has 0 bridgehead atoms. The van der Waals surface area contributed by atoms with Crippen molar-refractivity contribution in [3.05, 3.63) is 27.1 Å². The second kappa shape index (κ2) is 3.60. The molecule has 2 nitrogen and oxygen atoms in total. The molecule has 0 aliphatic carbocycles. The van der Waals surface area contributed by atoms with Gasteiger partial charge in [0.05, 0.1) is 0 Å². The van der Waals surface area contributed by atoms with Crippen LogP contribution in [0.4, 0.5) is 13.2 Å². The van der Waals surface area contributed by atoms with Gasteiger partial charge in [0.15, 0.2) is 0 Å². The van der Waals surface area contributed by atoms with E-state index in [2.05, 4.69) is 4.98 Å². The Kier molecular flexibility index (Phi) is 2.89. The Morgan fingerprint density at radius 3 is 2.46 bits per heavy atom. The molecule has 1 aromatic rings. The topological polar surface area (TPSA) is 30.0 Å². The predicted molar refractivity (Wildman–Crippen MR) is 47.3 cm³/mol. The monoisotopic (exact) mass is 301 g/mol. The quantitative estimate of drug-likeness (QED) is 0.453. The Balaban J connectivity index is 3.24. The van der Waals surface area contributed by atoms with Crippen LogP contribution in [-0.2, 0) is 6.18 Å². The Labute approximate surface area is 85.3 Å². The lowest BCUT2D eigenvalue weighted by atomic mass is 10.2. The standard InChI is InChI=1S/C7H3F3INO/c8-7(9,10)5-1-4(3-13)2-6(11)12-5/h1-3H. The molecule has 0 N–H and O–H groups in total. The molecular formula is C7H3F3INO. The van der Waals surface area contributed by atoms with Crippen LogP contribution in [0.5, 0.6) is 0 Å². The molecule has 0 amide bonds. The van der Waals surface area contributed by atoms with Gasteiger partial charge in [-0.3, -0.25) is 4.79 Å². The van der Waals surface area contributed by atoms with Crippen molar-refractivity contribution in [1.29, 1.82) is 0 Å². The van der Waals surface area contributed by atoms with E-state index in [1.54, 1.807) is 22.6 Å². The van der Waals surface area contributed by atoms with Crippen LogP contribution in [0.3, 0.4) is 0 Å². The maximum atomic E-state index is 12.1. The lowest BCUT2D eigenvalue weighted by molar-refractivity contribution is -0.141. The minimum absolute atomic E-state index is 0.0216. The SMILES string of the molecule is O=Cc1cc(I)nc(C(F)(F)F)c1. The number of carbonyl (C=O) groups is 1. The van der Waals surface area contributed by atoms with Crippen molar-refractivity contribution in [1.82, 2.24) is 4.98 Å². The fraction of sp³-hybridized carbons (Fsp3) is 0.143. The van der Waals surface area contributed by atoms with E-state index in [0.717, 1.165) is 6.07 Å². The summed E-state index contributed by atoms with van der Waals surface area (Å²) < 4.78 is 36.5. The van der Waals surface area contributed by atoms with Crippen molar-refractivity contribution in [3.8, 4) is 0 Å². The summed E-state index contributed by atoms with van der Waals surface area (Å²) in [6.45, 7) is 0. The van der Waals surface area contributed by atoms with Crippen molar-refractivity contribution < 1.29 is 18.0 Å². The first-order valence-electron chi connectivity index (χ1n) is 3.13. The van der Waals surface area contributed by atoms with Crippen LogP contribution in [0, 0.1) is 3.70 Å². The van der Waals surface area contributed by atoms with Gasteiger partial charge >= 0.3 is 6.18 Å². The molecule has 13 heavy (non-hydrogen) atoms. The van der Waals surface area contributed by atoms with Gasteiger partial charge < -0.3 is 0 Å². The molecule has 1 aromatic heterocycles. The van der Waals surface area contributed by atoms with E-state index < -0.39 is 11.9 Å². The summed E-state index contributed by atoms with van der Waals surface area (Å²) in [5.74, 6) is 0. The molecule has 6 heteroatoms. The number of alkyl halides is 3. The largest absolute Gasteiger partial charge is 0.433 e. The Morgan fingerprint density at radius 1 is 1.38 bits per heavy atom. The van der Waals surface area contributed by atoms with E-state index in [1.807, 2.05) is 0 Å². The maximum absolute atomic E-state index is 12.1. The molecule has 70 valence electrons. The number of aldehydes is 1. The lowest BCUT2D eigenvalue weighted by Crippen LogP contribution is -2.09. The number of rotatable bonds is 1. The summed E-state index contributed by atoms with van der Waals surface area (Å²) in [5, 5.41) is 0. The summed E-state index contributed by atoms with van der Waals surface area (Å²) in [7, 11) is 0. The minimum Gasteiger partial charge on any atom is -0.298 e. The fourth-order valence-corrected chi connectivity index (χ4v) is 1.35. The number of aromatic nitrogens is 1. The van der Waals surface area contributed by atoms with Gasteiger partial charge in [-0.2, -0.15) is 13.2 Å². The van der Waals surface area contributed by atoms with Crippen LogP contribution in [-0.4, -0.2) is 11.3 Å². The van der Waals surface area contributed by atoms with Crippen molar-refractivity contribution in [2.45, 2.75) is 6.18 Å². The average Bonchev–Trinajstić information content (AvgIpc) is 2.01. The van der Waals surface area contributed by atoms with E-state index in [0.29, 0.717) is 6.29 Å². The number of carbonyl (C=O) groups excluding carboxylic acids is 1. The smallest absolute Gasteiger partial charge is 0.298 e. The van der Waals surface area contributed by atoms with Crippen LogP contribution < -0.4 is 0 Å². The van der Waals surface area contributed by atoms with Crippen molar-refractivity contribution in [2.24, 2.45) is 0 Å². The summed E-state index contributed by atoms with van der Waals surface area (Å²) in [5.41, 5.74) is -1.06. The van der Waals surface area contributed by atoms with Gasteiger partial charge in [-0.1, -0.05) is 0 Å². The van der Waals surface area contributed by atoms with Crippen LogP contribution in [0.1, 0.15) is 16.1 Å².